The van der Waals surface area contributed by atoms with Crippen molar-refractivity contribution < 1.29 is 0 Å². The minimum absolute atomic E-state index is 0.416. The van der Waals surface area contributed by atoms with Gasteiger partial charge in [-0.2, -0.15) is 0 Å². The Balaban J connectivity index is 1.26. The van der Waals surface area contributed by atoms with Crippen LogP contribution < -0.4 is 0 Å². The molecular weight excluding hydrogens is 667 g/mol. The fourth-order valence-electron chi connectivity index (χ4n) is 8.17. The summed E-state index contributed by atoms with van der Waals surface area (Å²) in [5.74, 6) is 0.416. The van der Waals surface area contributed by atoms with Gasteiger partial charge in [0.1, 0.15) is 0 Å². The summed E-state index contributed by atoms with van der Waals surface area (Å²) in [6.45, 7) is 2.38. The standard InChI is InChI=1S/C49H35NS2/c1-32-27-29-37(49-47(32)40-21-8-11-23-42(40)50(49)35-17-6-3-7-18-35)34-28-30-45-41(31-34)48-36(33-15-4-2-5-16-33)22-14-26-46(48)52-44-25-13-10-20-39(44)38-19-9-12-24-43(38)51-45/h2-26,28-32H,27H2,1H3. The number of benzene rings is 7. The first kappa shape index (κ1) is 31.3. The van der Waals surface area contributed by atoms with E-state index in [4.69, 9.17) is 0 Å². The molecule has 2 aliphatic rings. The van der Waals surface area contributed by atoms with E-state index in [9.17, 15) is 0 Å². The Kier molecular flexibility index (Phi) is 7.78. The molecule has 0 spiro atoms. The summed E-state index contributed by atoms with van der Waals surface area (Å²) in [6, 6.07) is 62.6. The minimum Gasteiger partial charge on any atom is -0.309 e. The summed E-state index contributed by atoms with van der Waals surface area (Å²) in [4.78, 5) is 5.05. The van der Waals surface area contributed by atoms with Crippen molar-refractivity contribution in [3.63, 3.8) is 0 Å². The third-order valence-electron chi connectivity index (χ3n) is 10.5. The number of aromatic nitrogens is 1. The van der Waals surface area contributed by atoms with Gasteiger partial charge < -0.3 is 4.57 Å². The Hall–Kier alpha value is -5.48. The smallest absolute Gasteiger partial charge is 0.0578 e. The van der Waals surface area contributed by atoms with Gasteiger partial charge in [0.25, 0.3) is 0 Å². The number of rotatable bonds is 3. The van der Waals surface area contributed by atoms with Crippen molar-refractivity contribution in [2.75, 3.05) is 0 Å². The number of hydrogen-bond acceptors (Lipinski definition) is 2. The zero-order valence-corrected chi connectivity index (χ0v) is 30.4. The number of hydrogen-bond donors (Lipinski definition) is 0. The molecule has 0 N–H and O–H groups in total. The molecule has 1 aromatic heterocycles. The van der Waals surface area contributed by atoms with Crippen molar-refractivity contribution in [3.05, 3.63) is 193 Å². The van der Waals surface area contributed by atoms with Crippen LogP contribution in [0.4, 0.5) is 0 Å². The summed E-state index contributed by atoms with van der Waals surface area (Å²) >= 11 is 3.76. The lowest BCUT2D eigenvalue weighted by Gasteiger charge is -2.25. The van der Waals surface area contributed by atoms with Gasteiger partial charge in [0.15, 0.2) is 0 Å². The molecule has 0 saturated heterocycles. The van der Waals surface area contributed by atoms with Gasteiger partial charge in [-0.3, -0.25) is 0 Å². The summed E-state index contributed by atoms with van der Waals surface area (Å²) < 4.78 is 2.50. The van der Waals surface area contributed by atoms with Crippen LogP contribution in [0.1, 0.15) is 36.1 Å². The quantitative estimate of drug-likeness (QED) is 0.181. The van der Waals surface area contributed by atoms with E-state index in [-0.39, 0.29) is 0 Å². The molecule has 3 heteroatoms. The molecule has 0 fully saturated rings. The molecular formula is C49H35NS2. The average Bonchev–Trinajstić information content (AvgIpc) is 3.55. The van der Waals surface area contributed by atoms with Gasteiger partial charge in [-0.25, -0.2) is 0 Å². The Morgan fingerprint density at radius 2 is 1.10 bits per heavy atom. The van der Waals surface area contributed by atoms with Crippen LogP contribution in [0, 0.1) is 0 Å². The molecule has 1 aliphatic heterocycles. The predicted molar refractivity (Wildman–Crippen MR) is 221 cm³/mol. The van der Waals surface area contributed by atoms with Crippen molar-refractivity contribution >= 4 is 40.0 Å². The van der Waals surface area contributed by atoms with Crippen molar-refractivity contribution in [2.45, 2.75) is 38.8 Å². The minimum atomic E-state index is 0.416. The first-order valence-corrected chi connectivity index (χ1v) is 19.6. The molecule has 7 aromatic carbocycles. The highest BCUT2D eigenvalue weighted by molar-refractivity contribution is 8.00. The normalized spacial score (nSPS) is 14.7. The molecule has 0 amide bonds. The molecule has 0 saturated carbocycles. The molecule has 0 bridgehead atoms. The van der Waals surface area contributed by atoms with Gasteiger partial charge >= 0.3 is 0 Å². The second kappa shape index (κ2) is 12.9. The lowest BCUT2D eigenvalue weighted by Crippen LogP contribution is -2.09. The maximum atomic E-state index is 2.50. The molecule has 2 heterocycles. The molecule has 52 heavy (non-hydrogen) atoms. The highest BCUT2D eigenvalue weighted by Crippen LogP contribution is 2.52. The third kappa shape index (κ3) is 5.19. The lowest BCUT2D eigenvalue weighted by atomic mass is 9.83. The largest absolute Gasteiger partial charge is 0.309 e. The van der Waals surface area contributed by atoms with Crippen LogP contribution in [-0.2, 0) is 0 Å². The molecule has 1 aliphatic carbocycles. The Bertz CT molecular complexity index is 2670. The van der Waals surface area contributed by atoms with Gasteiger partial charge in [-0.05, 0) is 99.8 Å². The van der Waals surface area contributed by atoms with Crippen molar-refractivity contribution in [1.29, 1.82) is 0 Å². The fraction of sp³-hybridized carbons (Fsp3) is 0.0612. The first-order chi connectivity index (χ1) is 25.7. The monoisotopic (exact) mass is 701 g/mol. The van der Waals surface area contributed by atoms with Gasteiger partial charge in [-0.15, -0.1) is 0 Å². The molecule has 10 rings (SSSR count). The number of allylic oxidation sites excluding steroid dienone is 1. The molecule has 8 aromatic rings. The van der Waals surface area contributed by atoms with Crippen LogP contribution in [0.2, 0.25) is 0 Å². The maximum Gasteiger partial charge on any atom is 0.0578 e. The van der Waals surface area contributed by atoms with Crippen molar-refractivity contribution in [2.24, 2.45) is 0 Å². The third-order valence-corrected chi connectivity index (χ3v) is 12.8. The number of fused-ring (bicyclic) bond motifs is 9. The lowest BCUT2D eigenvalue weighted by molar-refractivity contribution is 0.768. The highest BCUT2D eigenvalue weighted by atomic mass is 32.2. The summed E-state index contributed by atoms with van der Waals surface area (Å²) in [7, 11) is 0. The van der Waals surface area contributed by atoms with E-state index in [1.807, 2.05) is 23.5 Å². The van der Waals surface area contributed by atoms with E-state index in [0.29, 0.717) is 5.92 Å². The van der Waals surface area contributed by atoms with Crippen LogP contribution >= 0.6 is 23.5 Å². The van der Waals surface area contributed by atoms with Gasteiger partial charge in [0.05, 0.1) is 11.2 Å². The maximum absolute atomic E-state index is 2.50. The van der Waals surface area contributed by atoms with E-state index >= 15 is 0 Å². The van der Waals surface area contributed by atoms with Gasteiger partial charge in [0.2, 0.25) is 0 Å². The molecule has 1 atom stereocenters. The van der Waals surface area contributed by atoms with Gasteiger partial charge in [-0.1, -0.05) is 158 Å². The summed E-state index contributed by atoms with van der Waals surface area (Å²) in [5.41, 5.74) is 15.3. The number of para-hydroxylation sites is 2. The van der Waals surface area contributed by atoms with Crippen LogP contribution in [0.15, 0.2) is 196 Å². The molecule has 248 valence electrons. The second-order valence-corrected chi connectivity index (χ2v) is 15.8. The fourth-order valence-corrected chi connectivity index (χ4v) is 10.4. The van der Waals surface area contributed by atoms with E-state index < -0.39 is 0 Å². The Labute approximate surface area is 313 Å². The zero-order chi connectivity index (χ0) is 34.6. The van der Waals surface area contributed by atoms with E-state index in [1.54, 1.807) is 0 Å². The van der Waals surface area contributed by atoms with Crippen LogP contribution in [0.25, 0.3) is 55.5 Å². The second-order valence-electron chi connectivity index (χ2n) is 13.7. The first-order valence-electron chi connectivity index (χ1n) is 18.0. The molecule has 1 unspecified atom stereocenters. The van der Waals surface area contributed by atoms with Gasteiger partial charge in [0, 0.05) is 41.8 Å². The topological polar surface area (TPSA) is 4.93 Å². The van der Waals surface area contributed by atoms with E-state index in [2.05, 4.69) is 187 Å². The van der Waals surface area contributed by atoms with Crippen LogP contribution in [0.5, 0.6) is 0 Å². The molecule has 0 radical (unpaired) electrons. The molecule has 1 nitrogen and oxygen atoms in total. The van der Waals surface area contributed by atoms with Crippen molar-refractivity contribution in [3.8, 4) is 39.1 Å². The summed E-state index contributed by atoms with van der Waals surface area (Å²) in [5, 5.41) is 1.34. The predicted octanol–water partition coefficient (Wildman–Crippen LogP) is 14.2. The number of nitrogens with zero attached hydrogens (tertiary/aromatic N) is 1. The van der Waals surface area contributed by atoms with Crippen molar-refractivity contribution in [1.82, 2.24) is 4.57 Å². The van der Waals surface area contributed by atoms with Crippen LogP contribution in [0.3, 0.4) is 0 Å². The average molecular weight is 702 g/mol. The zero-order valence-electron chi connectivity index (χ0n) is 28.8. The highest BCUT2D eigenvalue weighted by Gasteiger charge is 2.29. The van der Waals surface area contributed by atoms with E-state index in [0.717, 1.165) is 6.42 Å². The SMILES string of the molecule is CC1CC=C(c2ccc3c(c2)-c2c(cccc2-c2ccccc2)Sc2ccccc2-c2ccccc2S3)c2c1c1ccccc1n2-c1ccccc1. The van der Waals surface area contributed by atoms with E-state index in [1.165, 1.54) is 91.9 Å². The van der Waals surface area contributed by atoms with Crippen LogP contribution in [-0.4, -0.2) is 4.57 Å². The Morgan fingerprint density at radius 3 is 1.87 bits per heavy atom. The summed E-state index contributed by atoms with van der Waals surface area (Å²) in [6.07, 6.45) is 3.49. The Morgan fingerprint density at radius 1 is 0.500 bits per heavy atom.